The monoisotopic (exact) mass is 287 g/mol. The normalized spacial score (nSPS) is 10.8. The second-order valence-electron chi connectivity index (χ2n) is 4.24. The number of benzene rings is 2. The third-order valence-electron chi connectivity index (χ3n) is 2.91. The highest BCUT2D eigenvalue weighted by Crippen LogP contribution is 2.33. The molecule has 2 aromatic carbocycles. The Kier molecular flexibility index (Phi) is 3.20. The maximum atomic E-state index is 13.9. The number of aromatic carboxylic acids is 1. The fourth-order valence-electron chi connectivity index (χ4n) is 1.99. The summed E-state index contributed by atoms with van der Waals surface area (Å²) < 4.78 is 13.9. The molecule has 0 aliphatic rings. The average molecular weight is 287 g/mol. The SMILES string of the molecule is O=C(O)c1cccc(F)c1Sc1cc2ccccc2[nH]1. The number of aromatic nitrogens is 1. The summed E-state index contributed by atoms with van der Waals surface area (Å²) in [6.07, 6.45) is 0. The fraction of sp³-hybridized carbons (Fsp3) is 0. The number of halogens is 1. The molecule has 0 bridgehead atoms. The van der Waals surface area contributed by atoms with Gasteiger partial charge in [0.2, 0.25) is 0 Å². The molecule has 5 heteroatoms. The van der Waals surface area contributed by atoms with Gasteiger partial charge in [-0.1, -0.05) is 36.0 Å². The van der Waals surface area contributed by atoms with Gasteiger partial charge in [-0.05, 0) is 24.3 Å². The Hall–Kier alpha value is -2.27. The van der Waals surface area contributed by atoms with E-state index >= 15 is 0 Å². The third-order valence-corrected chi connectivity index (χ3v) is 3.97. The number of hydrogen-bond donors (Lipinski definition) is 2. The molecule has 0 aliphatic heterocycles. The minimum Gasteiger partial charge on any atom is -0.478 e. The van der Waals surface area contributed by atoms with Crippen molar-refractivity contribution in [2.24, 2.45) is 0 Å². The second kappa shape index (κ2) is 5.02. The molecule has 3 nitrogen and oxygen atoms in total. The van der Waals surface area contributed by atoms with E-state index in [1.807, 2.05) is 30.3 Å². The lowest BCUT2D eigenvalue weighted by Crippen LogP contribution is -2.00. The molecule has 0 amide bonds. The predicted octanol–water partition coefficient (Wildman–Crippen LogP) is 4.16. The summed E-state index contributed by atoms with van der Waals surface area (Å²) >= 11 is 1.08. The first kappa shape index (κ1) is 12.7. The van der Waals surface area contributed by atoms with Gasteiger partial charge in [0.15, 0.2) is 0 Å². The summed E-state index contributed by atoms with van der Waals surface area (Å²) in [6, 6.07) is 13.6. The molecule has 3 aromatic rings. The minimum absolute atomic E-state index is 0.0337. The third kappa shape index (κ3) is 2.28. The number of carboxylic acids is 1. The Bertz CT molecular complexity index is 764. The smallest absolute Gasteiger partial charge is 0.336 e. The Balaban J connectivity index is 2.04. The molecule has 3 rings (SSSR count). The number of para-hydroxylation sites is 1. The van der Waals surface area contributed by atoms with Crippen molar-refractivity contribution in [2.75, 3.05) is 0 Å². The number of fused-ring (bicyclic) bond motifs is 1. The summed E-state index contributed by atoms with van der Waals surface area (Å²) in [5.74, 6) is -1.67. The van der Waals surface area contributed by atoms with E-state index in [4.69, 9.17) is 5.11 Å². The first-order valence-corrected chi connectivity index (χ1v) is 6.74. The molecule has 0 fully saturated rings. The average Bonchev–Trinajstić information content (AvgIpc) is 2.83. The van der Waals surface area contributed by atoms with Gasteiger partial charge < -0.3 is 10.1 Å². The van der Waals surface area contributed by atoms with E-state index in [0.717, 1.165) is 22.7 Å². The van der Waals surface area contributed by atoms with Crippen molar-refractivity contribution in [2.45, 2.75) is 9.92 Å². The largest absolute Gasteiger partial charge is 0.478 e. The fourth-order valence-corrected chi connectivity index (χ4v) is 2.99. The zero-order valence-electron chi connectivity index (χ0n) is 10.3. The number of rotatable bonds is 3. The molecule has 0 unspecified atom stereocenters. The summed E-state index contributed by atoms with van der Waals surface area (Å²) in [5.41, 5.74) is 0.900. The molecule has 0 saturated heterocycles. The molecule has 0 atom stereocenters. The van der Waals surface area contributed by atoms with Crippen LogP contribution in [0.1, 0.15) is 10.4 Å². The standard InChI is InChI=1S/C15H10FNO2S/c16-11-6-3-5-10(15(18)19)14(11)20-13-8-9-4-1-2-7-12(9)17-13/h1-8,17H,(H,18,19). The van der Waals surface area contributed by atoms with E-state index in [1.165, 1.54) is 18.2 Å². The lowest BCUT2D eigenvalue weighted by atomic mass is 10.2. The van der Waals surface area contributed by atoms with E-state index in [2.05, 4.69) is 4.98 Å². The number of aromatic amines is 1. The number of nitrogens with one attached hydrogen (secondary N) is 1. The van der Waals surface area contributed by atoms with Crippen molar-refractivity contribution in [1.82, 2.24) is 4.98 Å². The van der Waals surface area contributed by atoms with Crippen molar-refractivity contribution >= 4 is 28.6 Å². The van der Waals surface area contributed by atoms with Crippen LogP contribution in [-0.2, 0) is 0 Å². The Morgan fingerprint density at radius 2 is 1.95 bits per heavy atom. The molecule has 0 saturated carbocycles. The molecule has 2 N–H and O–H groups in total. The van der Waals surface area contributed by atoms with Crippen LogP contribution >= 0.6 is 11.8 Å². The lowest BCUT2D eigenvalue weighted by molar-refractivity contribution is 0.0692. The van der Waals surface area contributed by atoms with Crippen LogP contribution < -0.4 is 0 Å². The summed E-state index contributed by atoms with van der Waals surface area (Å²) in [4.78, 5) is 14.4. The molecule has 1 aromatic heterocycles. The van der Waals surface area contributed by atoms with Crippen molar-refractivity contribution in [1.29, 1.82) is 0 Å². The van der Waals surface area contributed by atoms with Gasteiger partial charge in [-0.15, -0.1) is 0 Å². The predicted molar refractivity (Wildman–Crippen MR) is 75.8 cm³/mol. The number of carbonyl (C=O) groups is 1. The Labute approximate surface area is 118 Å². The summed E-state index contributed by atoms with van der Waals surface area (Å²) in [5, 5.41) is 10.8. The van der Waals surface area contributed by atoms with Crippen LogP contribution in [0.4, 0.5) is 4.39 Å². The van der Waals surface area contributed by atoms with Crippen LogP contribution in [0, 0.1) is 5.82 Å². The van der Waals surface area contributed by atoms with Gasteiger partial charge in [0.25, 0.3) is 0 Å². The van der Waals surface area contributed by atoms with Crippen LogP contribution in [0.5, 0.6) is 0 Å². The Morgan fingerprint density at radius 3 is 2.70 bits per heavy atom. The van der Waals surface area contributed by atoms with Gasteiger partial charge in [0, 0.05) is 10.9 Å². The van der Waals surface area contributed by atoms with Gasteiger partial charge >= 0.3 is 5.97 Å². The molecular weight excluding hydrogens is 277 g/mol. The van der Waals surface area contributed by atoms with Crippen LogP contribution in [0.3, 0.4) is 0 Å². The summed E-state index contributed by atoms with van der Waals surface area (Å²) in [7, 11) is 0. The van der Waals surface area contributed by atoms with Crippen LogP contribution in [-0.4, -0.2) is 16.1 Å². The topological polar surface area (TPSA) is 53.1 Å². The maximum Gasteiger partial charge on any atom is 0.336 e. The lowest BCUT2D eigenvalue weighted by Gasteiger charge is -2.05. The number of carboxylic acid groups (broad SMARTS) is 1. The molecule has 100 valence electrons. The number of H-pyrrole nitrogens is 1. The van der Waals surface area contributed by atoms with Crippen molar-refractivity contribution in [3.63, 3.8) is 0 Å². The second-order valence-corrected chi connectivity index (χ2v) is 5.30. The molecule has 20 heavy (non-hydrogen) atoms. The van der Waals surface area contributed by atoms with E-state index in [0.29, 0.717) is 5.03 Å². The quantitative estimate of drug-likeness (QED) is 0.760. The van der Waals surface area contributed by atoms with Gasteiger partial charge in [-0.2, -0.15) is 0 Å². The molecule has 0 spiro atoms. The van der Waals surface area contributed by atoms with Gasteiger partial charge in [-0.25, -0.2) is 9.18 Å². The number of hydrogen-bond acceptors (Lipinski definition) is 2. The van der Waals surface area contributed by atoms with Crippen molar-refractivity contribution in [3.05, 3.63) is 59.9 Å². The maximum absolute atomic E-state index is 13.9. The molecule has 1 heterocycles. The zero-order valence-corrected chi connectivity index (χ0v) is 11.1. The van der Waals surface area contributed by atoms with Crippen LogP contribution in [0.15, 0.2) is 58.5 Å². The highest BCUT2D eigenvalue weighted by atomic mass is 32.2. The first-order chi connectivity index (χ1) is 9.65. The summed E-state index contributed by atoms with van der Waals surface area (Å²) in [6.45, 7) is 0. The Morgan fingerprint density at radius 1 is 1.15 bits per heavy atom. The van der Waals surface area contributed by atoms with Gasteiger partial charge in [0.1, 0.15) is 5.82 Å². The van der Waals surface area contributed by atoms with Gasteiger partial charge in [-0.3, -0.25) is 0 Å². The van der Waals surface area contributed by atoms with Crippen molar-refractivity contribution < 1.29 is 14.3 Å². The highest BCUT2D eigenvalue weighted by Gasteiger charge is 2.16. The van der Waals surface area contributed by atoms with E-state index < -0.39 is 11.8 Å². The van der Waals surface area contributed by atoms with Crippen LogP contribution in [0.25, 0.3) is 10.9 Å². The van der Waals surface area contributed by atoms with E-state index in [9.17, 15) is 9.18 Å². The van der Waals surface area contributed by atoms with Crippen LogP contribution in [0.2, 0.25) is 0 Å². The zero-order chi connectivity index (χ0) is 14.1. The van der Waals surface area contributed by atoms with Crippen molar-refractivity contribution in [3.8, 4) is 0 Å². The minimum atomic E-state index is -1.14. The van der Waals surface area contributed by atoms with E-state index in [1.54, 1.807) is 0 Å². The molecule has 0 aliphatic carbocycles. The highest BCUT2D eigenvalue weighted by molar-refractivity contribution is 7.99. The molecule has 0 radical (unpaired) electrons. The first-order valence-electron chi connectivity index (χ1n) is 5.92. The van der Waals surface area contributed by atoms with Gasteiger partial charge in [0.05, 0.1) is 15.5 Å². The molecular formula is C15H10FNO2S. The van der Waals surface area contributed by atoms with E-state index in [-0.39, 0.29) is 10.5 Å².